The van der Waals surface area contributed by atoms with E-state index in [1.165, 1.54) is 5.69 Å². The van der Waals surface area contributed by atoms with E-state index in [1.807, 2.05) is 0 Å². The molecule has 0 aliphatic heterocycles. The summed E-state index contributed by atoms with van der Waals surface area (Å²) < 4.78 is 2.10. The lowest BCUT2D eigenvalue weighted by Gasteiger charge is -2.26. The minimum absolute atomic E-state index is 0.209. The molecule has 1 unspecified atom stereocenters. The van der Waals surface area contributed by atoms with Gasteiger partial charge in [0.25, 0.3) is 0 Å². The van der Waals surface area contributed by atoms with Crippen LogP contribution in [0.3, 0.4) is 0 Å². The van der Waals surface area contributed by atoms with E-state index in [-0.39, 0.29) is 11.5 Å². The number of rotatable bonds is 5. The molecule has 0 fully saturated rings. The van der Waals surface area contributed by atoms with Crippen molar-refractivity contribution in [2.75, 3.05) is 0 Å². The van der Waals surface area contributed by atoms with Gasteiger partial charge in [0.1, 0.15) is 0 Å². The predicted molar refractivity (Wildman–Crippen MR) is 73.0 cm³/mol. The van der Waals surface area contributed by atoms with Gasteiger partial charge >= 0.3 is 0 Å². The Morgan fingerprint density at radius 3 is 2.59 bits per heavy atom. The molecule has 0 aromatic carbocycles. The quantitative estimate of drug-likeness (QED) is 0.855. The van der Waals surface area contributed by atoms with Crippen molar-refractivity contribution < 1.29 is 0 Å². The van der Waals surface area contributed by atoms with Gasteiger partial charge in [-0.05, 0) is 44.6 Å². The third-order valence-corrected chi connectivity index (χ3v) is 3.35. The summed E-state index contributed by atoms with van der Waals surface area (Å²) in [7, 11) is 0. The molecule has 0 radical (unpaired) electrons. The van der Waals surface area contributed by atoms with Crippen LogP contribution in [0.1, 0.15) is 51.9 Å². The molecule has 1 aromatic rings. The molecule has 98 valence electrons. The third kappa shape index (κ3) is 4.15. The average Bonchev–Trinajstić information content (AvgIpc) is 2.57. The van der Waals surface area contributed by atoms with Crippen LogP contribution in [0.25, 0.3) is 0 Å². The molecule has 2 N–H and O–H groups in total. The highest BCUT2D eigenvalue weighted by Crippen LogP contribution is 2.21. The molecule has 0 saturated heterocycles. The SMILES string of the molecule is CCn1nc(C)cc1CCCC(N)C(C)(C)C. The fourth-order valence-corrected chi connectivity index (χ4v) is 2.01. The Labute approximate surface area is 105 Å². The fourth-order valence-electron chi connectivity index (χ4n) is 2.01. The maximum absolute atomic E-state index is 6.17. The fraction of sp³-hybridized carbons (Fsp3) is 0.786. The van der Waals surface area contributed by atoms with E-state index >= 15 is 0 Å². The molecule has 1 heterocycles. The van der Waals surface area contributed by atoms with Crippen molar-refractivity contribution in [3.8, 4) is 0 Å². The number of aromatic nitrogens is 2. The summed E-state index contributed by atoms with van der Waals surface area (Å²) in [6.07, 6.45) is 3.31. The van der Waals surface area contributed by atoms with E-state index in [0.717, 1.165) is 31.5 Å². The largest absolute Gasteiger partial charge is 0.327 e. The highest BCUT2D eigenvalue weighted by Gasteiger charge is 2.19. The molecule has 17 heavy (non-hydrogen) atoms. The summed E-state index contributed by atoms with van der Waals surface area (Å²) in [4.78, 5) is 0. The summed E-state index contributed by atoms with van der Waals surface area (Å²) >= 11 is 0. The van der Waals surface area contributed by atoms with Gasteiger partial charge in [-0.2, -0.15) is 5.10 Å². The first-order valence-electron chi connectivity index (χ1n) is 6.63. The van der Waals surface area contributed by atoms with Crippen molar-refractivity contribution in [2.45, 2.75) is 66.5 Å². The lowest BCUT2D eigenvalue weighted by atomic mass is 9.84. The van der Waals surface area contributed by atoms with Crippen molar-refractivity contribution in [3.05, 3.63) is 17.5 Å². The van der Waals surface area contributed by atoms with Gasteiger partial charge in [0.2, 0.25) is 0 Å². The zero-order valence-electron chi connectivity index (χ0n) is 12.0. The van der Waals surface area contributed by atoms with Crippen LogP contribution in [-0.2, 0) is 13.0 Å². The summed E-state index contributed by atoms with van der Waals surface area (Å²) in [6, 6.07) is 2.47. The molecule has 1 aromatic heterocycles. The highest BCUT2D eigenvalue weighted by molar-refractivity contribution is 5.09. The Bertz CT molecular complexity index is 347. The van der Waals surface area contributed by atoms with Crippen LogP contribution in [0.15, 0.2) is 6.07 Å². The lowest BCUT2D eigenvalue weighted by Crippen LogP contribution is -2.34. The van der Waals surface area contributed by atoms with E-state index in [1.54, 1.807) is 0 Å². The van der Waals surface area contributed by atoms with Crippen molar-refractivity contribution in [2.24, 2.45) is 11.1 Å². The second kappa shape index (κ2) is 5.67. The first kappa shape index (κ1) is 14.2. The van der Waals surface area contributed by atoms with Crippen LogP contribution in [-0.4, -0.2) is 15.8 Å². The van der Waals surface area contributed by atoms with Crippen LogP contribution in [0.4, 0.5) is 0 Å². The normalized spacial score (nSPS) is 14.0. The number of hydrogen-bond donors (Lipinski definition) is 1. The van der Waals surface area contributed by atoms with Gasteiger partial charge in [-0.15, -0.1) is 0 Å². The lowest BCUT2D eigenvalue weighted by molar-refractivity contribution is 0.300. The molecule has 0 amide bonds. The smallest absolute Gasteiger partial charge is 0.0596 e. The van der Waals surface area contributed by atoms with Crippen molar-refractivity contribution >= 4 is 0 Å². The standard InChI is InChI=1S/C14H27N3/c1-6-17-12(10-11(2)16-17)8-7-9-13(15)14(3,4)5/h10,13H,6-9,15H2,1-5H3. The Morgan fingerprint density at radius 2 is 2.06 bits per heavy atom. The zero-order chi connectivity index (χ0) is 13.1. The van der Waals surface area contributed by atoms with Crippen LogP contribution in [0, 0.1) is 12.3 Å². The minimum atomic E-state index is 0.209. The molecule has 1 atom stereocenters. The van der Waals surface area contributed by atoms with Gasteiger partial charge in [-0.1, -0.05) is 20.8 Å². The third-order valence-electron chi connectivity index (χ3n) is 3.35. The van der Waals surface area contributed by atoms with Gasteiger partial charge < -0.3 is 5.73 Å². The van der Waals surface area contributed by atoms with E-state index in [0.29, 0.717) is 0 Å². The predicted octanol–water partition coefficient (Wildman–Crippen LogP) is 2.91. The van der Waals surface area contributed by atoms with Crippen LogP contribution >= 0.6 is 0 Å². The molecule has 0 aliphatic carbocycles. The molecule has 3 nitrogen and oxygen atoms in total. The first-order valence-corrected chi connectivity index (χ1v) is 6.63. The molecule has 0 saturated carbocycles. The van der Waals surface area contributed by atoms with Crippen molar-refractivity contribution in [3.63, 3.8) is 0 Å². The molecular weight excluding hydrogens is 210 g/mol. The van der Waals surface area contributed by atoms with E-state index in [9.17, 15) is 0 Å². The number of hydrogen-bond acceptors (Lipinski definition) is 2. The second-order valence-electron chi connectivity index (χ2n) is 5.96. The monoisotopic (exact) mass is 237 g/mol. The zero-order valence-corrected chi connectivity index (χ0v) is 12.0. The number of nitrogens with zero attached hydrogens (tertiary/aromatic N) is 2. The molecule has 0 aliphatic rings. The maximum atomic E-state index is 6.17. The Hall–Kier alpha value is -0.830. The Balaban J connectivity index is 2.46. The number of nitrogens with two attached hydrogens (primary N) is 1. The Kier molecular flexibility index (Phi) is 4.75. The average molecular weight is 237 g/mol. The summed E-state index contributed by atoms with van der Waals surface area (Å²) in [6.45, 7) is 11.8. The topological polar surface area (TPSA) is 43.8 Å². The summed E-state index contributed by atoms with van der Waals surface area (Å²) in [5, 5.41) is 4.46. The minimum Gasteiger partial charge on any atom is -0.327 e. The van der Waals surface area contributed by atoms with E-state index in [2.05, 4.69) is 50.5 Å². The molecule has 1 rings (SSSR count). The molecular formula is C14H27N3. The van der Waals surface area contributed by atoms with Crippen LogP contribution in [0.5, 0.6) is 0 Å². The summed E-state index contributed by atoms with van der Waals surface area (Å²) in [5.74, 6) is 0. The van der Waals surface area contributed by atoms with Gasteiger partial charge in [-0.3, -0.25) is 4.68 Å². The van der Waals surface area contributed by atoms with Gasteiger partial charge in [0.05, 0.1) is 5.69 Å². The van der Waals surface area contributed by atoms with Crippen LogP contribution in [0.2, 0.25) is 0 Å². The molecule has 3 heteroatoms. The van der Waals surface area contributed by atoms with E-state index < -0.39 is 0 Å². The van der Waals surface area contributed by atoms with Gasteiger partial charge in [0, 0.05) is 18.3 Å². The van der Waals surface area contributed by atoms with Crippen LogP contribution < -0.4 is 5.73 Å². The highest BCUT2D eigenvalue weighted by atomic mass is 15.3. The number of aryl methyl sites for hydroxylation is 3. The molecule has 0 bridgehead atoms. The molecule has 0 spiro atoms. The van der Waals surface area contributed by atoms with Gasteiger partial charge in [0.15, 0.2) is 0 Å². The van der Waals surface area contributed by atoms with Crippen molar-refractivity contribution in [1.29, 1.82) is 0 Å². The van der Waals surface area contributed by atoms with E-state index in [4.69, 9.17) is 5.73 Å². The Morgan fingerprint density at radius 1 is 1.41 bits per heavy atom. The summed E-state index contributed by atoms with van der Waals surface area (Å²) in [5.41, 5.74) is 8.83. The first-order chi connectivity index (χ1) is 7.84. The second-order valence-corrected chi connectivity index (χ2v) is 5.96. The van der Waals surface area contributed by atoms with Gasteiger partial charge in [-0.25, -0.2) is 0 Å². The van der Waals surface area contributed by atoms with Crippen molar-refractivity contribution in [1.82, 2.24) is 9.78 Å². The maximum Gasteiger partial charge on any atom is 0.0596 e.